The molecule has 1 amide bonds. The summed E-state index contributed by atoms with van der Waals surface area (Å²) in [5.41, 5.74) is 0.870. The highest BCUT2D eigenvalue weighted by Crippen LogP contribution is 2.33. The summed E-state index contributed by atoms with van der Waals surface area (Å²) in [5, 5.41) is 3.41. The van der Waals surface area contributed by atoms with Crippen molar-refractivity contribution >= 4 is 5.91 Å². The Kier molecular flexibility index (Phi) is 4.10. The van der Waals surface area contributed by atoms with Gasteiger partial charge < -0.3 is 14.8 Å². The van der Waals surface area contributed by atoms with Gasteiger partial charge in [-0.15, -0.1) is 0 Å². The van der Waals surface area contributed by atoms with Gasteiger partial charge >= 0.3 is 0 Å². The van der Waals surface area contributed by atoms with Crippen LogP contribution in [0.1, 0.15) is 55.1 Å². The monoisotopic (exact) mass is 275 g/mol. The van der Waals surface area contributed by atoms with E-state index in [0.29, 0.717) is 12.1 Å². The summed E-state index contributed by atoms with van der Waals surface area (Å²) >= 11 is 0. The molecule has 0 aromatic carbocycles. The van der Waals surface area contributed by atoms with Crippen molar-refractivity contribution < 1.29 is 4.79 Å². The molecule has 20 heavy (non-hydrogen) atoms. The molecule has 3 rings (SSSR count). The Morgan fingerprint density at radius 3 is 2.85 bits per heavy atom. The van der Waals surface area contributed by atoms with E-state index in [2.05, 4.69) is 16.1 Å². The summed E-state index contributed by atoms with van der Waals surface area (Å²) in [5.74, 6) is 0.189. The van der Waals surface area contributed by atoms with Gasteiger partial charge in [0.05, 0.1) is 0 Å². The average Bonchev–Trinajstić information content (AvgIpc) is 2.70. The summed E-state index contributed by atoms with van der Waals surface area (Å²) in [7, 11) is 1.97. The van der Waals surface area contributed by atoms with Gasteiger partial charge in [-0.3, -0.25) is 4.79 Å². The Morgan fingerprint density at radius 1 is 1.25 bits per heavy atom. The molecule has 2 fully saturated rings. The first-order chi connectivity index (χ1) is 9.77. The zero-order chi connectivity index (χ0) is 13.9. The number of hydrogen-bond acceptors (Lipinski definition) is 2. The molecule has 1 saturated carbocycles. The van der Waals surface area contributed by atoms with Gasteiger partial charge in [-0.05, 0) is 63.7 Å². The summed E-state index contributed by atoms with van der Waals surface area (Å²) < 4.78 is 2.19. The lowest BCUT2D eigenvalue weighted by Gasteiger charge is -2.31. The minimum Gasteiger partial charge on any atom is -0.340 e. The summed E-state index contributed by atoms with van der Waals surface area (Å²) in [6.07, 6.45) is 9.12. The maximum Gasteiger partial charge on any atom is 0.270 e. The van der Waals surface area contributed by atoms with E-state index in [1.165, 1.54) is 19.3 Å². The normalized spacial score (nSPS) is 23.9. The van der Waals surface area contributed by atoms with E-state index in [9.17, 15) is 4.79 Å². The third-order valence-electron chi connectivity index (χ3n) is 4.88. The van der Waals surface area contributed by atoms with Crippen molar-refractivity contribution in [2.75, 3.05) is 20.1 Å². The number of carbonyl (C=O) groups is 1. The van der Waals surface area contributed by atoms with Gasteiger partial charge in [0.15, 0.2) is 0 Å². The van der Waals surface area contributed by atoms with Crippen LogP contribution in [0.3, 0.4) is 0 Å². The van der Waals surface area contributed by atoms with Gasteiger partial charge in [0.1, 0.15) is 5.69 Å². The van der Waals surface area contributed by atoms with Gasteiger partial charge in [0.2, 0.25) is 0 Å². The fraction of sp³-hybridized carbons (Fsp3) is 0.688. The number of nitrogens with zero attached hydrogens (tertiary/aromatic N) is 2. The SMILES string of the molecule is CN(C(=O)c1cccn1C1CCC1)C1CCCNCC1. The first kappa shape index (κ1) is 13.7. The Hall–Kier alpha value is -1.29. The van der Waals surface area contributed by atoms with Gasteiger partial charge in [-0.1, -0.05) is 0 Å². The van der Waals surface area contributed by atoms with Crippen molar-refractivity contribution in [1.29, 1.82) is 0 Å². The quantitative estimate of drug-likeness (QED) is 0.920. The lowest BCUT2D eigenvalue weighted by molar-refractivity contribution is 0.0703. The lowest BCUT2D eigenvalue weighted by Crippen LogP contribution is -2.39. The zero-order valence-corrected chi connectivity index (χ0v) is 12.3. The maximum absolute atomic E-state index is 12.8. The number of aromatic nitrogens is 1. The number of rotatable bonds is 3. The lowest BCUT2D eigenvalue weighted by atomic mass is 9.93. The number of amides is 1. The topological polar surface area (TPSA) is 37.3 Å². The minimum absolute atomic E-state index is 0.189. The first-order valence-corrected chi connectivity index (χ1v) is 7.92. The van der Waals surface area contributed by atoms with Gasteiger partial charge in [0, 0.05) is 25.3 Å². The van der Waals surface area contributed by atoms with Crippen molar-refractivity contribution in [3.63, 3.8) is 0 Å². The second kappa shape index (κ2) is 6.00. The van der Waals surface area contributed by atoms with E-state index >= 15 is 0 Å². The molecule has 1 saturated heterocycles. The largest absolute Gasteiger partial charge is 0.340 e. The highest BCUT2D eigenvalue weighted by atomic mass is 16.2. The molecular weight excluding hydrogens is 250 g/mol. The molecule has 1 atom stereocenters. The Balaban J connectivity index is 1.72. The van der Waals surface area contributed by atoms with Crippen LogP contribution in [0, 0.1) is 0 Å². The van der Waals surface area contributed by atoms with Crippen LogP contribution < -0.4 is 5.32 Å². The predicted octanol–water partition coefficient (Wildman–Crippen LogP) is 2.43. The molecule has 1 unspecified atom stereocenters. The third-order valence-corrected chi connectivity index (χ3v) is 4.88. The number of hydrogen-bond donors (Lipinski definition) is 1. The van der Waals surface area contributed by atoms with Crippen LogP contribution >= 0.6 is 0 Å². The number of carbonyl (C=O) groups excluding carboxylic acids is 1. The van der Waals surface area contributed by atoms with Crippen LogP contribution in [0.15, 0.2) is 18.3 Å². The Bertz CT molecular complexity index is 456. The molecule has 4 nitrogen and oxygen atoms in total. The first-order valence-electron chi connectivity index (χ1n) is 7.92. The summed E-state index contributed by atoms with van der Waals surface area (Å²) in [6.45, 7) is 2.10. The molecule has 110 valence electrons. The zero-order valence-electron chi connectivity index (χ0n) is 12.3. The van der Waals surface area contributed by atoms with Crippen molar-refractivity contribution in [1.82, 2.24) is 14.8 Å². The molecule has 2 heterocycles. The van der Waals surface area contributed by atoms with E-state index < -0.39 is 0 Å². The fourth-order valence-electron chi connectivity index (χ4n) is 3.29. The highest BCUT2D eigenvalue weighted by molar-refractivity contribution is 5.92. The third kappa shape index (κ3) is 2.62. The molecule has 0 bridgehead atoms. The Morgan fingerprint density at radius 2 is 2.10 bits per heavy atom. The second-order valence-corrected chi connectivity index (χ2v) is 6.14. The van der Waals surface area contributed by atoms with Crippen LogP contribution in [0.2, 0.25) is 0 Å². The fourth-order valence-corrected chi connectivity index (χ4v) is 3.29. The van der Waals surface area contributed by atoms with Gasteiger partial charge in [-0.2, -0.15) is 0 Å². The maximum atomic E-state index is 12.8. The average molecular weight is 275 g/mol. The van der Waals surface area contributed by atoms with E-state index in [4.69, 9.17) is 0 Å². The van der Waals surface area contributed by atoms with Crippen LogP contribution in [0.4, 0.5) is 0 Å². The molecule has 1 aromatic heterocycles. The van der Waals surface area contributed by atoms with Crippen molar-refractivity contribution in [2.45, 2.75) is 50.6 Å². The summed E-state index contributed by atoms with van der Waals surface area (Å²) in [4.78, 5) is 14.7. The molecule has 0 spiro atoms. The van der Waals surface area contributed by atoms with Crippen molar-refractivity contribution in [3.05, 3.63) is 24.0 Å². The van der Waals surface area contributed by atoms with E-state index in [1.54, 1.807) is 0 Å². The van der Waals surface area contributed by atoms with E-state index in [0.717, 1.165) is 38.0 Å². The van der Waals surface area contributed by atoms with Crippen LogP contribution in [0.5, 0.6) is 0 Å². The van der Waals surface area contributed by atoms with Crippen molar-refractivity contribution in [3.8, 4) is 0 Å². The van der Waals surface area contributed by atoms with E-state index in [-0.39, 0.29) is 5.91 Å². The van der Waals surface area contributed by atoms with Crippen LogP contribution in [-0.2, 0) is 0 Å². The molecule has 1 aromatic rings. The summed E-state index contributed by atoms with van der Waals surface area (Å²) in [6, 6.07) is 4.91. The molecule has 1 aliphatic carbocycles. The Labute approximate surface area is 121 Å². The number of nitrogens with one attached hydrogen (secondary N) is 1. The van der Waals surface area contributed by atoms with Crippen LogP contribution in [-0.4, -0.2) is 41.6 Å². The minimum atomic E-state index is 0.189. The smallest absolute Gasteiger partial charge is 0.270 e. The molecule has 1 aliphatic heterocycles. The van der Waals surface area contributed by atoms with Gasteiger partial charge in [-0.25, -0.2) is 0 Å². The predicted molar refractivity (Wildman–Crippen MR) is 79.9 cm³/mol. The molecule has 1 N–H and O–H groups in total. The molecular formula is C16H25N3O. The molecule has 0 radical (unpaired) electrons. The van der Waals surface area contributed by atoms with Crippen LogP contribution in [0.25, 0.3) is 0 Å². The standard InChI is InChI=1S/C16H25N3O/c1-18(13-7-3-10-17-11-9-13)16(20)15-8-4-12-19(15)14-5-2-6-14/h4,8,12-14,17H,2-3,5-7,9-11H2,1H3. The highest BCUT2D eigenvalue weighted by Gasteiger charge is 2.27. The van der Waals surface area contributed by atoms with Gasteiger partial charge in [0.25, 0.3) is 5.91 Å². The second-order valence-electron chi connectivity index (χ2n) is 6.14. The molecule has 4 heteroatoms. The molecule has 2 aliphatic rings. The van der Waals surface area contributed by atoms with E-state index in [1.807, 2.05) is 24.1 Å². The van der Waals surface area contributed by atoms with Crippen molar-refractivity contribution in [2.24, 2.45) is 0 Å².